The predicted octanol–water partition coefficient (Wildman–Crippen LogP) is 2.68. The number of carbonyl (C=O) groups is 1. The second-order valence-electron chi connectivity index (χ2n) is 7.39. The Bertz CT molecular complexity index is 1300. The number of anilines is 3. The van der Waals surface area contributed by atoms with E-state index in [2.05, 4.69) is 25.4 Å². The van der Waals surface area contributed by atoms with E-state index in [9.17, 15) is 9.59 Å². The Morgan fingerprint density at radius 1 is 0.938 bits per heavy atom. The minimum Gasteiger partial charge on any atom is -0.451 e. The normalized spacial score (nSPS) is 13.9. The molecule has 160 valence electrons. The molecule has 0 aliphatic carbocycles. The molecule has 32 heavy (non-hydrogen) atoms. The molecule has 0 atom stereocenters. The number of piperazine rings is 1. The van der Waals surface area contributed by atoms with Gasteiger partial charge >= 0.3 is 0 Å². The quantitative estimate of drug-likeness (QED) is 0.529. The van der Waals surface area contributed by atoms with Gasteiger partial charge in [0.1, 0.15) is 5.58 Å². The summed E-state index contributed by atoms with van der Waals surface area (Å²) in [4.78, 5) is 32.9. The summed E-state index contributed by atoms with van der Waals surface area (Å²) in [5.74, 6) is 1.17. The molecular weight excluding hydrogens is 408 g/mol. The summed E-state index contributed by atoms with van der Waals surface area (Å²) in [6.07, 6.45) is 3.40. The summed E-state index contributed by atoms with van der Waals surface area (Å²) in [7, 11) is 0. The van der Waals surface area contributed by atoms with Crippen LogP contribution in [0.3, 0.4) is 0 Å². The van der Waals surface area contributed by atoms with Gasteiger partial charge in [-0.1, -0.05) is 12.1 Å². The molecule has 0 unspecified atom stereocenters. The Hall–Kier alpha value is -4.27. The van der Waals surface area contributed by atoms with Gasteiger partial charge in [-0.2, -0.15) is 0 Å². The van der Waals surface area contributed by atoms with Crippen molar-refractivity contribution in [3.63, 3.8) is 0 Å². The summed E-state index contributed by atoms with van der Waals surface area (Å²) in [5.41, 5.74) is 1.08. The van der Waals surface area contributed by atoms with E-state index in [4.69, 9.17) is 4.42 Å². The van der Waals surface area contributed by atoms with Gasteiger partial charge in [0.05, 0.1) is 5.39 Å². The fourth-order valence-corrected chi connectivity index (χ4v) is 3.65. The Morgan fingerprint density at radius 2 is 1.72 bits per heavy atom. The van der Waals surface area contributed by atoms with Crippen LogP contribution in [0.4, 0.5) is 17.3 Å². The molecular formula is C23H20N6O3. The number of pyridine rings is 1. The maximum atomic E-state index is 12.9. The number of amides is 1. The Labute approximate surface area is 183 Å². The molecule has 9 heteroatoms. The molecule has 3 aromatic heterocycles. The average Bonchev–Trinajstić information content (AvgIpc) is 2.85. The summed E-state index contributed by atoms with van der Waals surface area (Å²) in [5, 5.41) is 12.2. The number of hydrogen-bond acceptors (Lipinski definition) is 8. The van der Waals surface area contributed by atoms with Crippen molar-refractivity contribution in [2.45, 2.75) is 0 Å². The van der Waals surface area contributed by atoms with E-state index in [1.807, 2.05) is 24.3 Å². The molecule has 9 nitrogen and oxygen atoms in total. The standard InChI is InChI=1S/C23H20N6O3/c30-18-15-20(32-19-4-2-1-3-17(18)19)23(31)29-13-11-28(12-14-29)22-6-5-21(26-27-22)25-16-7-9-24-10-8-16/h1-10,15H,11-14H2,(H,24,25,26). The number of rotatable bonds is 4. The lowest BCUT2D eigenvalue weighted by Gasteiger charge is -2.34. The van der Waals surface area contributed by atoms with E-state index in [1.165, 1.54) is 6.07 Å². The first kappa shape index (κ1) is 19.7. The number of nitrogens with zero attached hydrogens (tertiary/aromatic N) is 5. The van der Waals surface area contributed by atoms with Gasteiger partial charge in [-0.05, 0) is 36.4 Å². The number of fused-ring (bicyclic) bond motifs is 1. The lowest BCUT2D eigenvalue weighted by atomic mass is 10.2. The average molecular weight is 428 g/mol. The first-order valence-corrected chi connectivity index (χ1v) is 10.3. The van der Waals surface area contributed by atoms with E-state index < -0.39 is 0 Å². The summed E-state index contributed by atoms with van der Waals surface area (Å²) < 4.78 is 5.69. The van der Waals surface area contributed by atoms with Crippen molar-refractivity contribution >= 4 is 34.2 Å². The Morgan fingerprint density at radius 3 is 2.47 bits per heavy atom. The molecule has 4 heterocycles. The Balaban J connectivity index is 1.23. The highest BCUT2D eigenvalue weighted by Gasteiger charge is 2.25. The van der Waals surface area contributed by atoms with Crippen LogP contribution in [0.5, 0.6) is 0 Å². The molecule has 0 saturated carbocycles. The zero-order chi connectivity index (χ0) is 21.9. The maximum Gasteiger partial charge on any atom is 0.289 e. The zero-order valence-electron chi connectivity index (χ0n) is 17.1. The molecule has 1 aromatic carbocycles. The minimum absolute atomic E-state index is 0.0634. The molecule has 0 bridgehead atoms. The van der Waals surface area contributed by atoms with Gasteiger partial charge in [-0.3, -0.25) is 14.6 Å². The molecule has 1 N–H and O–H groups in total. The highest BCUT2D eigenvalue weighted by atomic mass is 16.3. The number of para-hydroxylation sites is 1. The van der Waals surface area contributed by atoms with Crippen molar-refractivity contribution < 1.29 is 9.21 Å². The molecule has 1 aliphatic rings. The van der Waals surface area contributed by atoms with Crippen molar-refractivity contribution in [1.82, 2.24) is 20.1 Å². The zero-order valence-corrected chi connectivity index (χ0v) is 17.1. The van der Waals surface area contributed by atoms with E-state index in [0.717, 1.165) is 11.5 Å². The largest absolute Gasteiger partial charge is 0.451 e. The highest BCUT2D eigenvalue weighted by molar-refractivity contribution is 5.93. The molecule has 1 amide bonds. The molecule has 1 aliphatic heterocycles. The topological polar surface area (TPSA) is 104 Å². The van der Waals surface area contributed by atoms with Crippen molar-refractivity contribution in [2.24, 2.45) is 0 Å². The summed E-state index contributed by atoms with van der Waals surface area (Å²) >= 11 is 0. The van der Waals surface area contributed by atoms with E-state index in [-0.39, 0.29) is 17.1 Å². The van der Waals surface area contributed by atoms with Crippen molar-refractivity contribution in [3.05, 3.63) is 83.0 Å². The molecule has 0 spiro atoms. The summed E-state index contributed by atoms with van der Waals surface area (Å²) in [6, 6.07) is 15.7. The number of benzene rings is 1. The van der Waals surface area contributed by atoms with Crippen LogP contribution >= 0.6 is 0 Å². The van der Waals surface area contributed by atoms with Crippen LogP contribution in [0, 0.1) is 0 Å². The van der Waals surface area contributed by atoms with Crippen molar-refractivity contribution in [2.75, 3.05) is 36.4 Å². The number of nitrogens with one attached hydrogen (secondary N) is 1. The van der Waals surface area contributed by atoms with Gasteiger partial charge in [-0.25, -0.2) is 0 Å². The third kappa shape index (κ3) is 4.00. The van der Waals surface area contributed by atoms with Crippen LogP contribution in [0.2, 0.25) is 0 Å². The lowest BCUT2D eigenvalue weighted by molar-refractivity contribution is 0.0715. The van der Waals surface area contributed by atoms with Crippen LogP contribution in [0.15, 0.2) is 76.2 Å². The molecule has 4 aromatic rings. The van der Waals surface area contributed by atoms with E-state index >= 15 is 0 Å². The molecule has 1 saturated heterocycles. The third-order valence-corrected chi connectivity index (χ3v) is 5.34. The number of hydrogen-bond donors (Lipinski definition) is 1. The van der Waals surface area contributed by atoms with Crippen LogP contribution in [-0.4, -0.2) is 52.2 Å². The van der Waals surface area contributed by atoms with Gasteiger partial charge in [-0.15, -0.1) is 10.2 Å². The van der Waals surface area contributed by atoms with Crippen LogP contribution in [0.1, 0.15) is 10.6 Å². The van der Waals surface area contributed by atoms with Crippen LogP contribution in [0.25, 0.3) is 11.0 Å². The maximum absolute atomic E-state index is 12.9. The monoisotopic (exact) mass is 428 g/mol. The van der Waals surface area contributed by atoms with Gasteiger partial charge in [0.2, 0.25) is 0 Å². The van der Waals surface area contributed by atoms with Crippen molar-refractivity contribution in [1.29, 1.82) is 0 Å². The summed E-state index contributed by atoms with van der Waals surface area (Å²) in [6.45, 7) is 2.20. The SMILES string of the molecule is O=C(c1cc(=O)c2ccccc2o1)N1CCN(c2ccc(Nc3ccncc3)nn2)CC1. The smallest absolute Gasteiger partial charge is 0.289 e. The molecule has 5 rings (SSSR count). The highest BCUT2D eigenvalue weighted by Crippen LogP contribution is 2.19. The second-order valence-corrected chi connectivity index (χ2v) is 7.39. The fourth-order valence-electron chi connectivity index (χ4n) is 3.65. The second kappa shape index (κ2) is 8.46. The lowest BCUT2D eigenvalue weighted by Crippen LogP contribution is -2.49. The fraction of sp³-hybridized carbons (Fsp3) is 0.174. The third-order valence-electron chi connectivity index (χ3n) is 5.34. The van der Waals surface area contributed by atoms with Gasteiger partial charge in [0.15, 0.2) is 22.8 Å². The molecule has 0 radical (unpaired) electrons. The van der Waals surface area contributed by atoms with Gasteiger partial charge in [0, 0.05) is 50.3 Å². The van der Waals surface area contributed by atoms with Gasteiger partial charge < -0.3 is 19.5 Å². The number of carbonyl (C=O) groups excluding carboxylic acids is 1. The first-order chi connectivity index (χ1) is 15.7. The first-order valence-electron chi connectivity index (χ1n) is 10.3. The minimum atomic E-state index is -0.282. The van der Waals surface area contributed by atoms with Crippen molar-refractivity contribution in [3.8, 4) is 0 Å². The predicted molar refractivity (Wildman–Crippen MR) is 120 cm³/mol. The number of aromatic nitrogens is 3. The van der Waals surface area contributed by atoms with Crippen LogP contribution < -0.4 is 15.6 Å². The van der Waals surface area contributed by atoms with Gasteiger partial charge in [0.25, 0.3) is 5.91 Å². The van der Waals surface area contributed by atoms with Crippen LogP contribution in [-0.2, 0) is 0 Å². The Kier molecular flexibility index (Phi) is 5.20. The molecule has 1 fully saturated rings. The van der Waals surface area contributed by atoms with E-state index in [0.29, 0.717) is 43.0 Å². The van der Waals surface area contributed by atoms with E-state index in [1.54, 1.807) is 41.6 Å².